The molecule has 0 saturated heterocycles. The lowest BCUT2D eigenvalue weighted by molar-refractivity contribution is -0.116. The molecule has 2 aromatic rings. The highest BCUT2D eigenvalue weighted by Crippen LogP contribution is 2.18. The van der Waals surface area contributed by atoms with Crippen LogP contribution >= 0.6 is 11.6 Å². The van der Waals surface area contributed by atoms with Crippen molar-refractivity contribution in [1.82, 2.24) is 9.78 Å². The number of nitrogens with zero attached hydrogens (tertiary/aromatic N) is 2. The van der Waals surface area contributed by atoms with E-state index in [0.717, 1.165) is 23.6 Å². The Kier molecular flexibility index (Phi) is 5.83. The predicted octanol–water partition coefficient (Wildman–Crippen LogP) is 4.38. The summed E-state index contributed by atoms with van der Waals surface area (Å²) in [4.78, 5) is 12.1. The Morgan fingerprint density at radius 2 is 1.91 bits per heavy atom. The van der Waals surface area contributed by atoms with Gasteiger partial charge in [0.25, 0.3) is 0 Å². The van der Waals surface area contributed by atoms with Gasteiger partial charge < -0.3 is 5.32 Å². The Hall–Kier alpha value is -1.81. The third-order valence-corrected chi connectivity index (χ3v) is 4.05. The first-order valence-electron chi connectivity index (χ1n) is 7.95. The van der Waals surface area contributed by atoms with Crippen LogP contribution in [-0.4, -0.2) is 15.7 Å². The molecule has 5 heteroatoms. The van der Waals surface area contributed by atoms with Gasteiger partial charge in [-0.2, -0.15) is 5.10 Å². The van der Waals surface area contributed by atoms with Gasteiger partial charge in [-0.3, -0.25) is 9.48 Å². The van der Waals surface area contributed by atoms with Gasteiger partial charge in [0.2, 0.25) is 5.91 Å². The zero-order valence-electron chi connectivity index (χ0n) is 14.2. The summed E-state index contributed by atoms with van der Waals surface area (Å²) in [7, 11) is 0. The van der Waals surface area contributed by atoms with Crippen LogP contribution in [-0.2, 0) is 17.8 Å². The largest absolute Gasteiger partial charge is 0.326 e. The first kappa shape index (κ1) is 17.5. The van der Waals surface area contributed by atoms with Crippen LogP contribution < -0.4 is 5.32 Å². The van der Waals surface area contributed by atoms with E-state index in [-0.39, 0.29) is 5.91 Å². The number of aryl methyl sites for hydroxylation is 1. The van der Waals surface area contributed by atoms with Crippen molar-refractivity contribution in [2.75, 3.05) is 5.32 Å². The van der Waals surface area contributed by atoms with E-state index in [1.54, 1.807) is 24.3 Å². The molecule has 0 aliphatic heterocycles. The van der Waals surface area contributed by atoms with Gasteiger partial charge in [-0.15, -0.1) is 0 Å². The van der Waals surface area contributed by atoms with Gasteiger partial charge in [0.1, 0.15) is 0 Å². The number of amides is 1. The maximum absolute atomic E-state index is 12.1. The molecule has 1 aromatic heterocycles. The molecule has 4 nitrogen and oxygen atoms in total. The maximum Gasteiger partial charge on any atom is 0.224 e. The first-order chi connectivity index (χ1) is 10.9. The predicted molar refractivity (Wildman–Crippen MR) is 94.9 cm³/mol. The number of carbonyl (C=O) groups excluding carboxylic acids is 1. The Morgan fingerprint density at radius 3 is 2.52 bits per heavy atom. The lowest BCUT2D eigenvalue weighted by atomic mass is 10.1. The standard InChI is InChI=1S/C18H24ClN3O/c1-12(2)11-22-14(4)17(13(3)21-22)9-10-18(23)20-16-7-5-15(19)6-8-16/h5-8,12H,9-11H2,1-4H3,(H,20,23). The van der Waals surface area contributed by atoms with Gasteiger partial charge in [0, 0.05) is 29.4 Å². The highest BCUT2D eigenvalue weighted by molar-refractivity contribution is 6.30. The molecule has 0 bridgehead atoms. The molecule has 0 unspecified atom stereocenters. The summed E-state index contributed by atoms with van der Waals surface area (Å²) in [6.07, 6.45) is 1.15. The van der Waals surface area contributed by atoms with E-state index in [1.807, 2.05) is 11.6 Å². The quantitative estimate of drug-likeness (QED) is 0.852. The summed E-state index contributed by atoms with van der Waals surface area (Å²) in [5, 5.41) is 8.14. The smallest absolute Gasteiger partial charge is 0.224 e. The van der Waals surface area contributed by atoms with Crippen molar-refractivity contribution in [2.24, 2.45) is 5.92 Å². The Labute approximate surface area is 142 Å². The van der Waals surface area contributed by atoms with E-state index < -0.39 is 0 Å². The number of rotatable bonds is 6. The van der Waals surface area contributed by atoms with Gasteiger partial charge in [0.15, 0.2) is 0 Å². The number of nitrogens with one attached hydrogen (secondary N) is 1. The van der Waals surface area contributed by atoms with Gasteiger partial charge in [-0.05, 0) is 56.0 Å². The summed E-state index contributed by atoms with van der Waals surface area (Å²) in [6, 6.07) is 7.14. The summed E-state index contributed by atoms with van der Waals surface area (Å²) in [5.74, 6) is 0.553. The highest BCUT2D eigenvalue weighted by Gasteiger charge is 2.13. The molecule has 0 fully saturated rings. The number of benzene rings is 1. The number of aromatic nitrogens is 2. The molecule has 1 heterocycles. The van der Waals surface area contributed by atoms with Gasteiger partial charge in [-0.1, -0.05) is 25.4 Å². The van der Waals surface area contributed by atoms with Crippen molar-refractivity contribution in [3.8, 4) is 0 Å². The van der Waals surface area contributed by atoms with E-state index in [4.69, 9.17) is 11.6 Å². The number of carbonyl (C=O) groups is 1. The molecule has 0 aliphatic carbocycles. The molecular weight excluding hydrogens is 310 g/mol. The van der Waals surface area contributed by atoms with Gasteiger partial charge in [0.05, 0.1) is 5.69 Å². The molecule has 1 aromatic carbocycles. The monoisotopic (exact) mass is 333 g/mol. The van der Waals surface area contributed by atoms with E-state index in [1.165, 1.54) is 5.56 Å². The van der Waals surface area contributed by atoms with Gasteiger partial charge >= 0.3 is 0 Å². The molecule has 124 valence electrons. The molecule has 0 aliphatic rings. The SMILES string of the molecule is Cc1nn(CC(C)C)c(C)c1CCC(=O)Nc1ccc(Cl)cc1. The fourth-order valence-electron chi connectivity index (χ4n) is 2.61. The lowest BCUT2D eigenvalue weighted by Crippen LogP contribution is -2.13. The lowest BCUT2D eigenvalue weighted by Gasteiger charge is -2.08. The third kappa shape index (κ3) is 4.83. The summed E-state index contributed by atoms with van der Waals surface area (Å²) in [5.41, 5.74) is 4.12. The summed E-state index contributed by atoms with van der Waals surface area (Å²) < 4.78 is 2.05. The minimum absolute atomic E-state index is 0.00253. The molecule has 2 rings (SSSR count). The second-order valence-corrected chi connectivity index (χ2v) is 6.72. The van der Waals surface area contributed by atoms with E-state index >= 15 is 0 Å². The topological polar surface area (TPSA) is 46.9 Å². The highest BCUT2D eigenvalue weighted by atomic mass is 35.5. The van der Waals surface area contributed by atoms with E-state index in [2.05, 4.69) is 31.2 Å². The zero-order valence-corrected chi connectivity index (χ0v) is 14.9. The van der Waals surface area contributed by atoms with E-state index in [9.17, 15) is 4.79 Å². The van der Waals surface area contributed by atoms with E-state index in [0.29, 0.717) is 23.8 Å². The number of hydrogen-bond acceptors (Lipinski definition) is 2. The second-order valence-electron chi connectivity index (χ2n) is 6.28. The van der Waals surface area contributed by atoms with Crippen LogP contribution in [0.3, 0.4) is 0 Å². The van der Waals surface area contributed by atoms with Crippen molar-refractivity contribution in [1.29, 1.82) is 0 Å². The Bertz CT molecular complexity index is 674. The number of hydrogen-bond donors (Lipinski definition) is 1. The maximum atomic E-state index is 12.1. The van der Waals surface area contributed by atoms with Crippen molar-refractivity contribution >= 4 is 23.2 Å². The third-order valence-electron chi connectivity index (χ3n) is 3.80. The zero-order chi connectivity index (χ0) is 17.0. The molecular formula is C18H24ClN3O. The molecule has 0 atom stereocenters. The molecule has 0 radical (unpaired) electrons. The number of anilines is 1. The van der Waals surface area contributed by atoms with Crippen LogP contribution in [0.25, 0.3) is 0 Å². The van der Waals surface area contributed by atoms with Crippen molar-refractivity contribution in [3.63, 3.8) is 0 Å². The Balaban J connectivity index is 1.96. The van der Waals surface area contributed by atoms with Crippen LogP contribution in [0.2, 0.25) is 5.02 Å². The number of halogens is 1. The molecule has 1 N–H and O–H groups in total. The molecule has 0 saturated carbocycles. The van der Waals surface area contributed by atoms with Crippen molar-refractivity contribution in [2.45, 2.75) is 47.1 Å². The summed E-state index contributed by atoms with van der Waals surface area (Å²) >= 11 is 5.84. The normalized spacial score (nSPS) is 11.0. The average Bonchev–Trinajstić information content (AvgIpc) is 2.73. The molecule has 23 heavy (non-hydrogen) atoms. The Morgan fingerprint density at radius 1 is 1.26 bits per heavy atom. The van der Waals surface area contributed by atoms with Crippen LogP contribution in [0.5, 0.6) is 0 Å². The second kappa shape index (κ2) is 7.64. The average molecular weight is 334 g/mol. The van der Waals surface area contributed by atoms with Crippen LogP contribution in [0.1, 0.15) is 37.2 Å². The molecule has 0 spiro atoms. The first-order valence-corrected chi connectivity index (χ1v) is 8.33. The van der Waals surface area contributed by atoms with Crippen LogP contribution in [0.4, 0.5) is 5.69 Å². The van der Waals surface area contributed by atoms with Crippen LogP contribution in [0.15, 0.2) is 24.3 Å². The summed E-state index contributed by atoms with van der Waals surface area (Å²) in [6.45, 7) is 9.35. The van der Waals surface area contributed by atoms with Crippen molar-refractivity contribution in [3.05, 3.63) is 46.2 Å². The minimum Gasteiger partial charge on any atom is -0.326 e. The fourth-order valence-corrected chi connectivity index (χ4v) is 2.74. The molecule has 1 amide bonds. The van der Waals surface area contributed by atoms with Crippen LogP contribution in [0, 0.1) is 19.8 Å². The van der Waals surface area contributed by atoms with Crippen molar-refractivity contribution < 1.29 is 4.79 Å². The fraction of sp³-hybridized carbons (Fsp3) is 0.444. The minimum atomic E-state index is 0.00253. The van der Waals surface area contributed by atoms with Gasteiger partial charge in [-0.25, -0.2) is 0 Å².